The zero-order valence-corrected chi connectivity index (χ0v) is 17.3. The largest absolute Gasteiger partial charge is 0.497 e. The number of nitro groups is 2. The van der Waals surface area contributed by atoms with Crippen molar-refractivity contribution in [3.05, 3.63) is 74.6 Å². The van der Waals surface area contributed by atoms with Crippen LogP contribution in [0.2, 0.25) is 0 Å². The summed E-state index contributed by atoms with van der Waals surface area (Å²) in [4.78, 5) is 33.8. The summed E-state index contributed by atoms with van der Waals surface area (Å²) < 4.78 is 11.9. The second-order valence-corrected chi connectivity index (χ2v) is 6.75. The van der Waals surface area contributed by atoms with Crippen molar-refractivity contribution >= 4 is 23.0 Å². The second kappa shape index (κ2) is 9.12. The summed E-state index contributed by atoms with van der Waals surface area (Å²) in [5.41, 5.74) is -0.210. The lowest BCUT2D eigenvalue weighted by Gasteiger charge is -2.13. The molecular formula is C20H19N5O7. The van der Waals surface area contributed by atoms with E-state index in [4.69, 9.17) is 9.47 Å². The Kier molecular flexibility index (Phi) is 6.33. The van der Waals surface area contributed by atoms with E-state index in [1.807, 2.05) is 0 Å². The van der Waals surface area contributed by atoms with Crippen LogP contribution in [0.3, 0.4) is 0 Å². The number of anilines is 1. The molecule has 1 atom stereocenters. The molecule has 0 fully saturated rings. The van der Waals surface area contributed by atoms with Gasteiger partial charge in [-0.1, -0.05) is 0 Å². The lowest BCUT2D eigenvalue weighted by Crippen LogP contribution is -2.24. The first kappa shape index (κ1) is 22.2. The number of carbonyl (C=O) groups is 1. The minimum Gasteiger partial charge on any atom is -0.497 e. The number of aromatic nitrogens is 2. The maximum absolute atomic E-state index is 12.7. The quantitative estimate of drug-likeness (QED) is 0.406. The maximum Gasteiger partial charge on any atom is 0.309 e. The first-order valence-electron chi connectivity index (χ1n) is 9.30. The van der Waals surface area contributed by atoms with Crippen LogP contribution in [0.1, 0.15) is 18.7 Å². The van der Waals surface area contributed by atoms with Gasteiger partial charge in [0.15, 0.2) is 0 Å². The van der Waals surface area contributed by atoms with Gasteiger partial charge < -0.3 is 14.8 Å². The molecule has 32 heavy (non-hydrogen) atoms. The molecule has 0 aliphatic carbocycles. The highest BCUT2D eigenvalue weighted by Crippen LogP contribution is 2.31. The van der Waals surface area contributed by atoms with Crippen LogP contribution >= 0.6 is 0 Å². The van der Waals surface area contributed by atoms with Crippen molar-refractivity contribution in [1.82, 2.24) is 9.78 Å². The summed E-state index contributed by atoms with van der Waals surface area (Å²) in [5, 5.41) is 28.9. The monoisotopic (exact) mass is 441 g/mol. The molecule has 12 nitrogen and oxygen atoms in total. The van der Waals surface area contributed by atoms with Crippen LogP contribution in [-0.4, -0.2) is 32.6 Å². The van der Waals surface area contributed by atoms with E-state index in [1.165, 1.54) is 39.2 Å². The summed E-state index contributed by atoms with van der Waals surface area (Å²) in [5.74, 6) is 0.597. The maximum atomic E-state index is 12.7. The molecule has 0 aliphatic rings. The first-order valence-corrected chi connectivity index (χ1v) is 9.30. The van der Waals surface area contributed by atoms with Crippen molar-refractivity contribution in [2.75, 3.05) is 12.4 Å². The smallest absolute Gasteiger partial charge is 0.309 e. The predicted molar refractivity (Wildman–Crippen MR) is 113 cm³/mol. The summed E-state index contributed by atoms with van der Waals surface area (Å²) in [6.45, 7) is 2.96. The molecule has 0 bridgehead atoms. The number of amides is 1. The molecule has 3 rings (SSSR count). The van der Waals surface area contributed by atoms with Gasteiger partial charge in [-0.25, -0.2) is 0 Å². The van der Waals surface area contributed by atoms with Crippen molar-refractivity contribution in [3.8, 4) is 17.2 Å². The molecule has 1 N–H and O–H groups in total. The average Bonchev–Trinajstić information content (AvgIpc) is 3.15. The lowest BCUT2D eigenvalue weighted by molar-refractivity contribution is -0.385. The molecule has 2 aromatic carbocycles. The summed E-state index contributed by atoms with van der Waals surface area (Å²) in [6, 6.07) is 9.53. The van der Waals surface area contributed by atoms with E-state index in [2.05, 4.69) is 10.4 Å². The van der Waals surface area contributed by atoms with Crippen molar-refractivity contribution in [3.63, 3.8) is 0 Å². The highest BCUT2D eigenvalue weighted by Gasteiger charge is 2.23. The molecule has 1 heterocycles. The first-order chi connectivity index (χ1) is 15.2. The third-order valence-corrected chi connectivity index (χ3v) is 4.53. The van der Waals surface area contributed by atoms with E-state index in [1.54, 1.807) is 24.3 Å². The third kappa shape index (κ3) is 4.98. The van der Waals surface area contributed by atoms with Crippen molar-refractivity contribution in [2.24, 2.45) is 0 Å². The fourth-order valence-corrected chi connectivity index (χ4v) is 2.82. The topological polar surface area (TPSA) is 152 Å². The van der Waals surface area contributed by atoms with Crippen LogP contribution in [0.25, 0.3) is 0 Å². The molecule has 1 unspecified atom stereocenters. The number of methoxy groups -OCH3 is 1. The molecule has 0 radical (unpaired) electrons. The second-order valence-electron chi connectivity index (χ2n) is 6.75. The highest BCUT2D eigenvalue weighted by atomic mass is 16.6. The van der Waals surface area contributed by atoms with Crippen molar-refractivity contribution in [2.45, 2.75) is 19.9 Å². The summed E-state index contributed by atoms with van der Waals surface area (Å²) in [6.07, 6.45) is 1.16. The SMILES string of the molecule is COc1ccc(Oc2cc(NC(=O)C(C)n3cc([N+](=O)[O-])c(C)n3)cc([N+](=O)[O-])c2)cc1. The number of carbonyl (C=O) groups excluding carboxylic acids is 1. The third-order valence-electron chi connectivity index (χ3n) is 4.53. The van der Waals surface area contributed by atoms with Gasteiger partial charge in [-0.15, -0.1) is 0 Å². The average molecular weight is 441 g/mol. The van der Waals surface area contributed by atoms with E-state index in [9.17, 15) is 25.0 Å². The van der Waals surface area contributed by atoms with Gasteiger partial charge in [0.2, 0.25) is 5.91 Å². The fourth-order valence-electron chi connectivity index (χ4n) is 2.82. The Bertz CT molecular complexity index is 1170. The highest BCUT2D eigenvalue weighted by molar-refractivity contribution is 5.94. The van der Waals surface area contributed by atoms with Crippen LogP contribution in [0.15, 0.2) is 48.7 Å². The van der Waals surface area contributed by atoms with Gasteiger partial charge in [0, 0.05) is 12.1 Å². The molecule has 1 amide bonds. The number of ether oxygens (including phenoxy) is 2. The molecular weight excluding hydrogens is 422 g/mol. The van der Waals surface area contributed by atoms with Crippen LogP contribution in [-0.2, 0) is 4.79 Å². The van der Waals surface area contributed by atoms with Crippen LogP contribution in [0, 0.1) is 27.2 Å². The number of hydrogen-bond acceptors (Lipinski definition) is 8. The van der Waals surface area contributed by atoms with E-state index in [0.29, 0.717) is 11.5 Å². The van der Waals surface area contributed by atoms with Crippen LogP contribution in [0.5, 0.6) is 17.2 Å². The molecule has 0 aliphatic heterocycles. The molecule has 3 aromatic rings. The zero-order chi connectivity index (χ0) is 23.4. The number of benzene rings is 2. The zero-order valence-electron chi connectivity index (χ0n) is 17.3. The van der Waals surface area contributed by atoms with Gasteiger partial charge in [0.05, 0.1) is 28.7 Å². The predicted octanol–water partition coefficient (Wildman–Crippen LogP) is 4.01. The number of nitro benzene ring substituents is 1. The van der Waals surface area contributed by atoms with E-state index in [0.717, 1.165) is 10.9 Å². The lowest BCUT2D eigenvalue weighted by atomic mass is 10.2. The minimum absolute atomic E-state index is 0.123. The molecule has 0 saturated carbocycles. The molecule has 166 valence electrons. The molecule has 1 aromatic heterocycles. The van der Waals surface area contributed by atoms with Crippen molar-refractivity contribution in [1.29, 1.82) is 0 Å². The standard InChI is InChI=1S/C20H19N5O7/c1-12-19(25(29)30)11-23(22-12)13(2)20(26)21-14-8-15(24(27)28)10-18(9-14)32-17-6-4-16(31-3)5-7-17/h4-11,13H,1-3H3,(H,21,26). The van der Waals surface area contributed by atoms with Crippen molar-refractivity contribution < 1.29 is 24.1 Å². The van der Waals surface area contributed by atoms with E-state index >= 15 is 0 Å². The number of rotatable bonds is 8. The van der Waals surface area contributed by atoms with Gasteiger partial charge in [-0.2, -0.15) is 5.10 Å². The molecule has 0 spiro atoms. The Balaban J connectivity index is 1.83. The van der Waals surface area contributed by atoms with Gasteiger partial charge in [-0.3, -0.25) is 29.7 Å². The van der Waals surface area contributed by atoms with Gasteiger partial charge in [0.1, 0.15) is 35.2 Å². The Morgan fingerprint density at radius 1 is 1.06 bits per heavy atom. The van der Waals surface area contributed by atoms with Crippen LogP contribution in [0.4, 0.5) is 17.1 Å². The molecule has 12 heteroatoms. The summed E-state index contributed by atoms with van der Waals surface area (Å²) >= 11 is 0. The van der Waals surface area contributed by atoms with Gasteiger partial charge in [-0.05, 0) is 38.1 Å². The number of hydrogen-bond donors (Lipinski definition) is 1. The minimum atomic E-state index is -0.910. The van der Waals surface area contributed by atoms with Gasteiger partial charge >= 0.3 is 5.69 Å². The number of nitrogens with one attached hydrogen (secondary N) is 1. The Morgan fingerprint density at radius 2 is 1.72 bits per heavy atom. The molecule has 0 saturated heterocycles. The number of aryl methyl sites for hydroxylation is 1. The number of nitrogens with zero attached hydrogens (tertiary/aromatic N) is 4. The fraction of sp³-hybridized carbons (Fsp3) is 0.200. The Hall–Kier alpha value is -4.48. The summed E-state index contributed by atoms with van der Waals surface area (Å²) in [7, 11) is 1.52. The van der Waals surface area contributed by atoms with Gasteiger partial charge in [0.25, 0.3) is 5.69 Å². The van der Waals surface area contributed by atoms with E-state index < -0.39 is 21.8 Å². The Morgan fingerprint density at radius 3 is 2.28 bits per heavy atom. The van der Waals surface area contributed by atoms with Crippen LogP contribution < -0.4 is 14.8 Å². The normalized spacial score (nSPS) is 11.5. The number of non-ortho nitro benzene ring substituents is 1. The Labute approximate surface area is 181 Å². The van der Waals surface area contributed by atoms with E-state index in [-0.39, 0.29) is 28.5 Å².